The number of amides is 1. The number of nitrogens with zero attached hydrogens (tertiary/aromatic N) is 1. The highest BCUT2D eigenvalue weighted by Crippen LogP contribution is 2.17. The number of carbonyl (C=O) groups excluding carboxylic acids is 1. The summed E-state index contributed by atoms with van der Waals surface area (Å²) in [6.45, 7) is 6.18. The number of nitrogen functional groups attached to an aromatic ring is 1. The lowest BCUT2D eigenvalue weighted by molar-refractivity contribution is 0.0954. The van der Waals surface area contributed by atoms with Gasteiger partial charge in [0.2, 0.25) is 0 Å². The molecule has 0 aliphatic heterocycles. The second-order valence-corrected chi connectivity index (χ2v) is 6.79. The van der Waals surface area contributed by atoms with Gasteiger partial charge in [0.25, 0.3) is 5.91 Å². The molecule has 0 spiro atoms. The number of anilines is 1. The van der Waals surface area contributed by atoms with Gasteiger partial charge in [-0.25, -0.2) is 10.8 Å². The van der Waals surface area contributed by atoms with E-state index in [-0.39, 0.29) is 17.1 Å². The molecule has 1 rings (SSSR count). The van der Waals surface area contributed by atoms with E-state index in [9.17, 15) is 9.00 Å². The zero-order valence-corrected chi connectivity index (χ0v) is 13.1. The maximum absolute atomic E-state index is 12.1. The van der Waals surface area contributed by atoms with Crippen LogP contribution in [0.3, 0.4) is 0 Å². The smallest absolute Gasteiger partial charge is 0.251 e. The highest BCUT2D eigenvalue weighted by atomic mass is 32.2. The van der Waals surface area contributed by atoms with Gasteiger partial charge >= 0.3 is 0 Å². The SMILES string of the molecule is CC(C)c1cc(C(=O)NCC(C)S(C)=O)cc(NN)n1. The van der Waals surface area contributed by atoms with Gasteiger partial charge in [-0.3, -0.25) is 9.00 Å². The fourth-order valence-electron chi connectivity index (χ4n) is 1.51. The number of hydrogen-bond acceptors (Lipinski definition) is 5. The fraction of sp³-hybridized carbons (Fsp3) is 0.538. The van der Waals surface area contributed by atoms with E-state index in [0.717, 1.165) is 5.69 Å². The molecule has 0 saturated heterocycles. The predicted molar refractivity (Wildman–Crippen MR) is 82.0 cm³/mol. The Balaban J connectivity index is 2.86. The molecule has 7 heteroatoms. The van der Waals surface area contributed by atoms with Gasteiger partial charge in [0, 0.05) is 40.1 Å². The average Bonchev–Trinajstić information content (AvgIpc) is 2.43. The molecule has 1 aromatic rings. The quantitative estimate of drug-likeness (QED) is 0.537. The largest absolute Gasteiger partial charge is 0.351 e. The molecule has 0 bridgehead atoms. The topological polar surface area (TPSA) is 97.1 Å². The Bertz CT molecular complexity index is 505. The van der Waals surface area contributed by atoms with Crippen LogP contribution in [0.25, 0.3) is 0 Å². The van der Waals surface area contributed by atoms with Crippen molar-refractivity contribution in [1.82, 2.24) is 10.3 Å². The van der Waals surface area contributed by atoms with Crippen LogP contribution in [0.15, 0.2) is 12.1 Å². The van der Waals surface area contributed by atoms with Crippen LogP contribution in [0.2, 0.25) is 0 Å². The average molecular weight is 298 g/mol. The highest BCUT2D eigenvalue weighted by molar-refractivity contribution is 7.84. The van der Waals surface area contributed by atoms with Gasteiger partial charge in [-0.05, 0) is 25.0 Å². The molecule has 0 radical (unpaired) electrons. The minimum absolute atomic E-state index is 0.0857. The molecule has 0 aromatic carbocycles. The van der Waals surface area contributed by atoms with Crippen LogP contribution in [-0.2, 0) is 10.8 Å². The van der Waals surface area contributed by atoms with Crippen LogP contribution in [0.5, 0.6) is 0 Å². The third-order valence-corrected chi connectivity index (χ3v) is 4.26. The van der Waals surface area contributed by atoms with E-state index in [1.54, 1.807) is 18.4 Å². The minimum Gasteiger partial charge on any atom is -0.351 e. The number of pyridine rings is 1. The van der Waals surface area contributed by atoms with Crippen molar-refractivity contribution >= 4 is 22.5 Å². The normalized spacial score (nSPS) is 13.9. The van der Waals surface area contributed by atoms with Crippen molar-refractivity contribution in [3.63, 3.8) is 0 Å². The lowest BCUT2D eigenvalue weighted by Gasteiger charge is -2.13. The highest BCUT2D eigenvalue weighted by Gasteiger charge is 2.13. The molecule has 6 nitrogen and oxygen atoms in total. The molecule has 0 fully saturated rings. The summed E-state index contributed by atoms with van der Waals surface area (Å²) in [5.74, 6) is 5.79. The predicted octanol–water partition coefficient (Wildman–Crippen LogP) is 0.987. The van der Waals surface area contributed by atoms with Crippen LogP contribution < -0.4 is 16.6 Å². The molecule has 1 amide bonds. The van der Waals surface area contributed by atoms with Crippen molar-refractivity contribution in [2.24, 2.45) is 5.84 Å². The molecule has 4 N–H and O–H groups in total. The molecule has 0 aliphatic carbocycles. The lowest BCUT2D eigenvalue weighted by Crippen LogP contribution is -2.32. The van der Waals surface area contributed by atoms with Crippen LogP contribution in [-0.4, -0.2) is 33.2 Å². The van der Waals surface area contributed by atoms with Crippen molar-refractivity contribution in [2.75, 3.05) is 18.2 Å². The van der Waals surface area contributed by atoms with E-state index in [1.807, 2.05) is 20.8 Å². The lowest BCUT2D eigenvalue weighted by atomic mass is 10.1. The number of carbonyl (C=O) groups is 1. The number of nitrogens with one attached hydrogen (secondary N) is 2. The van der Waals surface area contributed by atoms with Gasteiger partial charge in [-0.15, -0.1) is 0 Å². The van der Waals surface area contributed by atoms with Crippen LogP contribution >= 0.6 is 0 Å². The third-order valence-electron chi connectivity index (χ3n) is 2.96. The molecule has 2 atom stereocenters. The monoisotopic (exact) mass is 298 g/mol. The maximum atomic E-state index is 12.1. The number of hydrogen-bond donors (Lipinski definition) is 3. The molecule has 112 valence electrons. The number of nitrogens with two attached hydrogens (primary N) is 1. The molecular weight excluding hydrogens is 276 g/mol. The Hall–Kier alpha value is -1.47. The van der Waals surface area contributed by atoms with E-state index in [1.165, 1.54) is 0 Å². The fourth-order valence-corrected chi connectivity index (χ4v) is 1.83. The Labute approximate surface area is 122 Å². The molecule has 20 heavy (non-hydrogen) atoms. The number of rotatable bonds is 6. The summed E-state index contributed by atoms with van der Waals surface area (Å²) in [6, 6.07) is 3.34. The van der Waals surface area contributed by atoms with E-state index < -0.39 is 10.8 Å². The van der Waals surface area contributed by atoms with Gasteiger partial charge in [-0.1, -0.05) is 13.8 Å². The van der Waals surface area contributed by atoms with Gasteiger partial charge in [0.1, 0.15) is 5.82 Å². The summed E-state index contributed by atoms with van der Waals surface area (Å²) in [5, 5.41) is 2.68. The molecular formula is C13H22N4O2S. The first-order chi connectivity index (χ1) is 9.35. The first kappa shape index (κ1) is 16.6. The van der Waals surface area contributed by atoms with Gasteiger partial charge in [0.15, 0.2) is 0 Å². The summed E-state index contributed by atoms with van der Waals surface area (Å²) in [4.78, 5) is 16.4. The summed E-state index contributed by atoms with van der Waals surface area (Å²) >= 11 is 0. The van der Waals surface area contributed by atoms with E-state index in [0.29, 0.717) is 17.9 Å². The number of hydrazine groups is 1. The molecule has 0 saturated carbocycles. The van der Waals surface area contributed by atoms with Crippen LogP contribution in [0, 0.1) is 0 Å². The van der Waals surface area contributed by atoms with E-state index in [4.69, 9.17) is 5.84 Å². The first-order valence-electron chi connectivity index (χ1n) is 6.44. The summed E-state index contributed by atoms with van der Waals surface area (Å²) in [5.41, 5.74) is 3.74. The van der Waals surface area contributed by atoms with Gasteiger partial charge < -0.3 is 10.7 Å². The van der Waals surface area contributed by atoms with Crippen LogP contribution in [0.4, 0.5) is 5.82 Å². The van der Waals surface area contributed by atoms with Crippen molar-refractivity contribution in [2.45, 2.75) is 31.9 Å². The molecule has 2 unspecified atom stereocenters. The third kappa shape index (κ3) is 4.57. The Morgan fingerprint density at radius 2 is 2.05 bits per heavy atom. The summed E-state index contributed by atoms with van der Waals surface area (Å²) in [7, 11) is -0.960. The zero-order valence-electron chi connectivity index (χ0n) is 12.3. The zero-order chi connectivity index (χ0) is 15.3. The Morgan fingerprint density at radius 1 is 1.40 bits per heavy atom. The van der Waals surface area contributed by atoms with Gasteiger partial charge in [0.05, 0.1) is 0 Å². The van der Waals surface area contributed by atoms with E-state index in [2.05, 4.69) is 15.7 Å². The summed E-state index contributed by atoms with van der Waals surface area (Å²) in [6.07, 6.45) is 1.62. The molecule has 0 aliphatic rings. The van der Waals surface area contributed by atoms with Crippen molar-refractivity contribution in [3.05, 3.63) is 23.4 Å². The second kappa shape index (κ2) is 7.35. The van der Waals surface area contributed by atoms with Gasteiger partial charge in [-0.2, -0.15) is 0 Å². The standard InChI is InChI=1S/C13H22N4O2S/c1-8(2)11-5-10(6-12(16-11)17-14)13(18)15-7-9(3)20(4)19/h5-6,8-9H,7,14H2,1-4H3,(H,15,18)(H,16,17). The second-order valence-electron chi connectivity index (χ2n) is 4.98. The van der Waals surface area contributed by atoms with E-state index >= 15 is 0 Å². The minimum atomic E-state index is -0.960. The molecule has 1 heterocycles. The Kier molecular flexibility index (Phi) is 6.09. The van der Waals surface area contributed by atoms with Crippen molar-refractivity contribution in [1.29, 1.82) is 0 Å². The van der Waals surface area contributed by atoms with Crippen molar-refractivity contribution in [3.8, 4) is 0 Å². The molecule has 1 aromatic heterocycles. The summed E-state index contributed by atoms with van der Waals surface area (Å²) < 4.78 is 11.3. The van der Waals surface area contributed by atoms with Crippen molar-refractivity contribution < 1.29 is 9.00 Å². The Morgan fingerprint density at radius 3 is 2.55 bits per heavy atom. The van der Waals surface area contributed by atoms with Crippen LogP contribution in [0.1, 0.15) is 42.7 Å². The number of aromatic nitrogens is 1. The first-order valence-corrected chi connectivity index (χ1v) is 8.06. The maximum Gasteiger partial charge on any atom is 0.251 e.